The van der Waals surface area contributed by atoms with E-state index in [9.17, 15) is 9.90 Å². The summed E-state index contributed by atoms with van der Waals surface area (Å²) in [4.78, 5) is 10.4. The van der Waals surface area contributed by atoms with E-state index in [0.717, 1.165) is 44.9 Å². The summed E-state index contributed by atoms with van der Waals surface area (Å²) in [5.74, 6) is -0.409. The third kappa shape index (κ3) is 18.7. The van der Waals surface area contributed by atoms with E-state index >= 15 is 0 Å². The summed E-state index contributed by atoms with van der Waals surface area (Å²) >= 11 is 0. The molecule has 1 atom stereocenters. The minimum atomic E-state index is -0.695. The molecule has 0 aromatic heterocycles. The first-order valence-corrected chi connectivity index (χ1v) is 10.2. The SMILES string of the molecule is CCCCCC(C=CC=CCC=CC=CCCCCCCC(=O)O)CO. The van der Waals surface area contributed by atoms with E-state index in [0.29, 0.717) is 6.42 Å². The highest BCUT2D eigenvalue weighted by Gasteiger charge is 2.01. The second kappa shape index (κ2) is 19.7. The number of carbonyl (C=O) groups is 1. The summed E-state index contributed by atoms with van der Waals surface area (Å²) in [5, 5.41) is 17.9. The number of allylic oxidation sites excluding steroid dienone is 7. The van der Waals surface area contributed by atoms with Crippen LogP contribution in [-0.2, 0) is 4.79 Å². The van der Waals surface area contributed by atoms with Crippen molar-refractivity contribution in [1.29, 1.82) is 0 Å². The number of carboxylic acids is 1. The average molecular weight is 363 g/mol. The number of aliphatic hydroxyl groups excluding tert-OH is 1. The molecule has 0 aromatic rings. The zero-order chi connectivity index (χ0) is 19.3. The number of carboxylic acid groups (broad SMARTS) is 1. The second-order valence-electron chi connectivity index (χ2n) is 6.69. The maximum absolute atomic E-state index is 10.4. The van der Waals surface area contributed by atoms with Gasteiger partial charge >= 0.3 is 5.97 Å². The van der Waals surface area contributed by atoms with Crippen molar-refractivity contribution in [2.75, 3.05) is 6.61 Å². The van der Waals surface area contributed by atoms with Crippen LogP contribution in [0.15, 0.2) is 48.6 Å². The van der Waals surface area contributed by atoms with Crippen molar-refractivity contribution in [2.24, 2.45) is 5.92 Å². The van der Waals surface area contributed by atoms with E-state index in [1.165, 1.54) is 19.3 Å². The first-order valence-electron chi connectivity index (χ1n) is 10.2. The van der Waals surface area contributed by atoms with Crippen molar-refractivity contribution in [3.05, 3.63) is 48.6 Å². The first-order chi connectivity index (χ1) is 12.7. The van der Waals surface area contributed by atoms with Crippen LogP contribution in [0.2, 0.25) is 0 Å². The van der Waals surface area contributed by atoms with Gasteiger partial charge in [-0.2, -0.15) is 0 Å². The van der Waals surface area contributed by atoms with Crippen molar-refractivity contribution in [3.63, 3.8) is 0 Å². The monoisotopic (exact) mass is 362 g/mol. The summed E-state index contributed by atoms with van der Waals surface area (Å²) < 4.78 is 0. The van der Waals surface area contributed by atoms with Crippen LogP contribution in [0.1, 0.15) is 77.6 Å². The Hall–Kier alpha value is -1.61. The molecule has 148 valence electrons. The van der Waals surface area contributed by atoms with Crippen LogP contribution in [0, 0.1) is 5.92 Å². The van der Waals surface area contributed by atoms with Crippen LogP contribution in [0.25, 0.3) is 0 Å². The summed E-state index contributed by atoms with van der Waals surface area (Å²) in [5.41, 5.74) is 0. The first kappa shape index (κ1) is 24.4. The lowest BCUT2D eigenvalue weighted by atomic mass is 10.0. The molecular weight excluding hydrogens is 324 g/mol. The van der Waals surface area contributed by atoms with Crippen LogP contribution in [0.3, 0.4) is 0 Å². The van der Waals surface area contributed by atoms with Crippen molar-refractivity contribution in [1.82, 2.24) is 0 Å². The minimum absolute atomic E-state index is 0.234. The quantitative estimate of drug-likeness (QED) is 0.239. The van der Waals surface area contributed by atoms with Gasteiger partial charge in [-0.15, -0.1) is 0 Å². The Morgan fingerprint density at radius 1 is 0.885 bits per heavy atom. The number of aliphatic hydroxyl groups is 1. The Bertz CT molecular complexity index is 433. The molecule has 1 unspecified atom stereocenters. The van der Waals surface area contributed by atoms with Gasteiger partial charge in [-0.05, 0) is 32.1 Å². The van der Waals surface area contributed by atoms with Crippen molar-refractivity contribution >= 4 is 5.97 Å². The van der Waals surface area contributed by atoms with Gasteiger partial charge in [0.2, 0.25) is 0 Å². The molecule has 3 heteroatoms. The Kier molecular flexibility index (Phi) is 18.5. The maximum Gasteiger partial charge on any atom is 0.303 e. The predicted molar refractivity (Wildman–Crippen MR) is 111 cm³/mol. The number of hydrogen-bond acceptors (Lipinski definition) is 2. The second-order valence-corrected chi connectivity index (χ2v) is 6.69. The molecule has 0 heterocycles. The smallest absolute Gasteiger partial charge is 0.303 e. The normalized spacial score (nSPS) is 13.6. The fourth-order valence-electron chi connectivity index (χ4n) is 2.59. The molecule has 0 bridgehead atoms. The minimum Gasteiger partial charge on any atom is -0.481 e. The van der Waals surface area contributed by atoms with Gasteiger partial charge in [-0.1, -0.05) is 87.6 Å². The van der Waals surface area contributed by atoms with Crippen LogP contribution >= 0.6 is 0 Å². The number of aliphatic carboxylic acids is 1. The van der Waals surface area contributed by atoms with Crippen LogP contribution in [0.5, 0.6) is 0 Å². The Morgan fingerprint density at radius 2 is 1.58 bits per heavy atom. The Labute approximate surface area is 160 Å². The Morgan fingerprint density at radius 3 is 2.27 bits per heavy atom. The fraction of sp³-hybridized carbons (Fsp3) is 0.609. The molecule has 0 rings (SSSR count). The van der Waals surface area contributed by atoms with E-state index < -0.39 is 5.97 Å². The van der Waals surface area contributed by atoms with Gasteiger partial charge in [0, 0.05) is 18.9 Å². The summed E-state index contributed by atoms with van der Waals surface area (Å²) in [6.45, 7) is 2.43. The zero-order valence-electron chi connectivity index (χ0n) is 16.5. The Balaban J connectivity index is 3.64. The van der Waals surface area contributed by atoms with Crippen molar-refractivity contribution in [2.45, 2.75) is 77.6 Å². The molecule has 0 fully saturated rings. The number of unbranched alkanes of at least 4 members (excludes halogenated alkanes) is 6. The summed E-state index contributed by atoms with van der Waals surface area (Å²) in [6, 6.07) is 0. The van der Waals surface area contributed by atoms with Gasteiger partial charge in [0.05, 0.1) is 0 Å². The van der Waals surface area contributed by atoms with E-state index in [-0.39, 0.29) is 12.5 Å². The van der Waals surface area contributed by atoms with E-state index in [2.05, 4.69) is 43.4 Å². The van der Waals surface area contributed by atoms with Crippen molar-refractivity contribution < 1.29 is 15.0 Å². The highest BCUT2D eigenvalue weighted by atomic mass is 16.4. The summed E-state index contributed by atoms with van der Waals surface area (Å²) in [6.07, 6.45) is 27.7. The largest absolute Gasteiger partial charge is 0.481 e. The summed E-state index contributed by atoms with van der Waals surface area (Å²) in [7, 11) is 0. The lowest BCUT2D eigenvalue weighted by Gasteiger charge is -2.07. The molecule has 0 aliphatic rings. The van der Waals surface area contributed by atoms with Crippen LogP contribution < -0.4 is 0 Å². The molecule has 26 heavy (non-hydrogen) atoms. The molecule has 0 spiro atoms. The lowest BCUT2D eigenvalue weighted by molar-refractivity contribution is -0.137. The molecule has 0 aliphatic carbocycles. The fourth-order valence-corrected chi connectivity index (χ4v) is 2.59. The maximum atomic E-state index is 10.4. The number of rotatable bonds is 17. The average Bonchev–Trinajstić information content (AvgIpc) is 2.63. The van der Waals surface area contributed by atoms with Gasteiger partial charge in [-0.25, -0.2) is 0 Å². The van der Waals surface area contributed by atoms with Gasteiger partial charge in [0.1, 0.15) is 0 Å². The topological polar surface area (TPSA) is 57.5 Å². The molecule has 0 amide bonds. The highest BCUT2D eigenvalue weighted by Crippen LogP contribution is 2.11. The highest BCUT2D eigenvalue weighted by molar-refractivity contribution is 5.66. The zero-order valence-corrected chi connectivity index (χ0v) is 16.5. The molecule has 0 aromatic carbocycles. The van der Waals surface area contributed by atoms with Crippen molar-refractivity contribution in [3.8, 4) is 0 Å². The third-order valence-electron chi connectivity index (χ3n) is 4.21. The van der Waals surface area contributed by atoms with Gasteiger partial charge < -0.3 is 10.2 Å². The molecular formula is C23H38O3. The van der Waals surface area contributed by atoms with E-state index in [1.807, 2.05) is 12.2 Å². The standard InChI is InChI=1S/C23H38O3/c1-2-3-15-18-22(21-24)19-16-13-11-9-7-5-4-6-8-10-12-14-17-20-23(25)26/h4-7,11,13,16,19,22,24H,2-3,8-10,12,14-15,17-18,20-21H2,1H3,(H,25,26). The third-order valence-corrected chi connectivity index (χ3v) is 4.21. The van der Waals surface area contributed by atoms with Gasteiger partial charge in [-0.3, -0.25) is 4.79 Å². The number of hydrogen-bond donors (Lipinski definition) is 2. The molecule has 0 saturated carbocycles. The van der Waals surface area contributed by atoms with Crippen LogP contribution in [-0.4, -0.2) is 22.8 Å². The van der Waals surface area contributed by atoms with E-state index in [1.54, 1.807) is 0 Å². The van der Waals surface area contributed by atoms with E-state index in [4.69, 9.17) is 5.11 Å². The van der Waals surface area contributed by atoms with Crippen LogP contribution in [0.4, 0.5) is 0 Å². The predicted octanol–water partition coefficient (Wildman–Crippen LogP) is 6.22. The molecule has 0 radical (unpaired) electrons. The van der Waals surface area contributed by atoms with Gasteiger partial charge in [0.25, 0.3) is 0 Å². The molecule has 2 N–H and O–H groups in total. The lowest BCUT2D eigenvalue weighted by Crippen LogP contribution is -2.01. The molecule has 0 saturated heterocycles. The molecule has 3 nitrogen and oxygen atoms in total. The molecule has 0 aliphatic heterocycles. The van der Waals surface area contributed by atoms with Gasteiger partial charge in [0.15, 0.2) is 0 Å².